The molecule has 2 aromatic carbocycles. The van der Waals surface area contributed by atoms with Crippen molar-refractivity contribution in [3.8, 4) is 0 Å². The van der Waals surface area contributed by atoms with Crippen LogP contribution in [0.5, 0.6) is 0 Å². The average Bonchev–Trinajstić information content (AvgIpc) is 2.53. The number of hydrogen-bond donors (Lipinski definition) is 1. The second kappa shape index (κ2) is 6.02. The highest BCUT2D eigenvalue weighted by Crippen LogP contribution is 2.16. The van der Waals surface area contributed by atoms with E-state index in [1.165, 1.54) is 5.56 Å². The van der Waals surface area contributed by atoms with Gasteiger partial charge in [0, 0.05) is 12.1 Å². The van der Waals surface area contributed by atoms with Gasteiger partial charge >= 0.3 is 0 Å². The Hall–Kier alpha value is -1.98. The molecule has 2 aromatic rings. The summed E-state index contributed by atoms with van der Waals surface area (Å²) < 4.78 is 27.3. The first-order valence-corrected chi connectivity index (χ1v) is 8.72. The molecular weight excluding hydrogens is 296 g/mol. The van der Waals surface area contributed by atoms with Crippen LogP contribution in [0.2, 0.25) is 0 Å². The third kappa shape index (κ3) is 3.10. The summed E-state index contributed by atoms with van der Waals surface area (Å²) in [7, 11) is -3.51. The predicted molar refractivity (Wildman–Crippen MR) is 87.9 cm³/mol. The Bertz CT molecular complexity index is 809. The van der Waals surface area contributed by atoms with Gasteiger partial charge in [-0.2, -0.15) is 0 Å². The Morgan fingerprint density at radius 2 is 1.82 bits per heavy atom. The summed E-state index contributed by atoms with van der Waals surface area (Å²) in [4.78, 5) is 4.75. The van der Waals surface area contributed by atoms with Crippen molar-refractivity contribution in [1.29, 1.82) is 0 Å². The van der Waals surface area contributed by atoms with Crippen molar-refractivity contribution < 1.29 is 8.42 Å². The summed E-state index contributed by atoms with van der Waals surface area (Å²) in [5.41, 5.74) is 4.10. The molecule has 0 aliphatic carbocycles. The zero-order chi connectivity index (χ0) is 15.6. The Balaban J connectivity index is 1.78. The summed E-state index contributed by atoms with van der Waals surface area (Å²) >= 11 is 0. The van der Waals surface area contributed by atoms with Crippen molar-refractivity contribution in [3.63, 3.8) is 0 Å². The molecule has 0 radical (unpaired) electrons. The van der Waals surface area contributed by atoms with Crippen molar-refractivity contribution in [2.75, 3.05) is 13.1 Å². The van der Waals surface area contributed by atoms with E-state index < -0.39 is 10.0 Å². The van der Waals surface area contributed by atoms with Crippen LogP contribution in [-0.4, -0.2) is 27.2 Å². The van der Waals surface area contributed by atoms with E-state index in [1.54, 1.807) is 24.3 Å². The van der Waals surface area contributed by atoms with Gasteiger partial charge in [-0.1, -0.05) is 42.0 Å². The van der Waals surface area contributed by atoms with Gasteiger partial charge in [0.15, 0.2) is 0 Å². The standard InChI is InChI=1S/C17H18N2O2S/c1-13-6-8-15(9-7-13)22(20,21)19-12-17-16-5-3-2-4-14(16)10-11-18-17/h2-9,19H,10-12H2,1H3. The van der Waals surface area contributed by atoms with Crippen LogP contribution in [0.3, 0.4) is 0 Å². The molecule has 0 unspecified atom stereocenters. The lowest BCUT2D eigenvalue weighted by Gasteiger charge is -2.17. The zero-order valence-electron chi connectivity index (χ0n) is 12.4. The minimum Gasteiger partial charge on any atom is -0.287 e. The number of nitrogens with one attached hydrogen (secondary N) is 1. The number of rotatable bonds is 4. The maximum absolute atomic E-state index is 12.3. The van der Waals surface area contributed by atoms with Crippen LogP contribution in [0.15, 0.2) is 58.4 Å². The zero-order valence-corrected chi connectivity index (χ0v) is 13.2. The first-order chi connectivity index (χ1) is 10.6. The predicted octanol–water partition coefficient (Wildman–Crippen LogP) is 2.32. The SMILES string of the molecule is Cc1ccc(S(=O)(=O)NCC2=NCCc3ccccc32)cc1. The number of aryl methyl sites for hydroxylation is 1. The largest absolute Gasteiger partial charge is 0.287 e. The van der Waals surface area contributed by atoms with Gasteiger partial charge in [-0.05, 0) is 31.0 Å². The molecule has 1 N–H and O–H groups in total. The fraction of sp³-hybridized carbons (Fsp3) is 0.235. The minimum atomic E-state index is -3.51. The number of aliphatic imine (C=N–C) groups is 1. The molecular formula is C17H18N2O2S. The molecule has 3 rings (SSSR count). The van der Waals surface area contributed by atoms with Gasteiger partial charge in [0.05, 0.1) is 17.2 Å². The summed E-state index contributed by atoms with van der Waals surface area (Å²) in [6.07, 6.45) is 0.907. The third-order valence-electron chi connectivity index (χ3n) is 3.77. The van der Waals surface area contributed by atoms with Gasteiger partial charge in [0.1, 0.15) is 0 Å². The normalized spacial score (nSPS) is 14.3. The van der Waals surface area contributed by atoms with E-state index in [2.05, 4.69) is 15.8 Å². The molecule has 4 nitrogen and oxygen atoms in total. The minimum absolute atomic E-state index is 0.215. The van der Waals surface area contributed by atoms with Gasteiger partial charge in [-0.15, -0.1) is 0 Å². The quantitative estimate of drug-likeness (QED) is 0.941. The molecule has 1 heterocycles. The Labute approximate surface area is 131 Å². The van der Waals surface area contributed by atoms with Gasteiger partial charge in [-0.3, -0.25) is 4.99 Å². The fourth-order valence-electron chi connectivity index (χ4n) is 2.53. The van der Waals surface area contributed by atoms with E-state index in [0.717, 1.165) is 23.3 Å². The summed E-state index contributed by atoms with van der Waals surface area (Å²) in [6, 6.07) is 14.8. The monoisotopic (exact) mass is 314 g/mol. The van der Waals surface area contributed by atoms with Gasteiger partial charge in [-0.25, -0.2) is 13.1 Å². The Morgan fingerprint density at radius 1 is 1.09 bits per heavy atom. The van der Waals surface area contributed by atoms with Crippen molar-refractivity contribution >= 4 is 15.7 Å². The van der Waals surface area contributed by atoms with E-state index in [4.69, 9.17) is 0 Å². The van der Waals surface area contributed by atoms with Crippen molar-refractivity contribution in [3.05, 3.63) is 65.2 Å². The van der Waals surface area contributed by atoms with Crippen molar-refractivity contribution in [1.82, 2.24) is 4.72 Å². The Kier molecular flexibility index (Phi) is 4.09. The van der Waals surface area contributed by atoms with E-state index in [0.29, 0.717) is 6.54 Å². The number of nitrogens with zero attached hydrogens (tertiary/aromatic N) is 1. The van der Waals surface area contributed by atoms with Crippen LogP contribution in [0, 0.1) is 6.92 Å². The highest BCUT2D eigenvalue weighted by Gasteiger charge is 2.18. The molecule has 5 heteroatoms. The molecule has 0 amide bonds. The summed E-state index contributed by atoms with van der Waals surface area (Å²) in [6.45, 7) is 2.85. The lowest BCUT2D eigenvalue weighted by molar-refractivity contribution is 0.586. The number of hydrogen-bond acceptors (Lipinski definition) is 3. The molecule has 0 aromatic heterocycles. The van der Waals surface area contributed by atoms with Crippen LogP contribution >= 0.6 is 0 Å². The Morgan fingerprint density at radius 3 is 2.59 bits per heavy atom. The molecule has 1 aliphatic rings. The van der Waals surface area contributed by atoms with Crippen LogP contribution in [0.1, 0.15) is 16.7 Å². The molecule has 1 aliphatic heterocycles. The maximum Gasteiger partial charge on any atom is 0.240 e. The van der Waals surface area contributed by atoms with Crippen LogP contribution in [0.4, 0.5) is 0 Å². The number of fused-ring (bicyclic) bond motifs is 1. The van der Waals surface area contributed by atoms with E-state index in [1.807, 2.05) is 25.1 Å². The van der Waals surface area contributed by atoms with Crippen molar-refractivity contribution in [2.24, 2.45) is 4.99 Å². The number of sulfonamides is 1. The lowest BCUT2D eigenvalue weighted by atomic mass is 9.98. The topological polar surface area (TPSA) is 58.5 Å². The van der Waals surface area contributed by atoms with Gasteiger partial charge in [0.2, 0.25) is 10.0 Å². The van der Waals surface area contributed by atoms with Crippen molar-refractivity contribution in [2.45, 2.75) is 18.2 Å². The smallest absolute Gasteiger partial charge is 0.240 e. The molecule has 0 bridgehead atoms. The molecule has 0 spiro atoms. The molecule has 0 saturated heterocycles. The first kappa shape index (κ1) is 14.9. The second-order valence-corrected chi connectivity index (χ2v) is 7.14. The fourth-order valence-corrected chi connectivity index (χ4v) is 3.52. The molecule has 0 atom stereocenters. The number of benzene rings is 2. The van der Waals surface area contributed by atoms with Gasteiger partial charge < -0.3 is 0 Å². The molecule has 0 saturated carbocycles. The highest BCUT2D eigenvalue weighted by atomic mass is 32.2. The summed E-state index contributed by atoms with van der Waals surface area (Å²) in [5.74, 6) is 0. The maximum atomic E-state index is 12.3. The van der Waals surface area contributed by atoms with Crippen LogP contribution < -0.4 is 4.72 Å². The lowest BCUT2D eigenvalue weighted by Crippen LogP contribution is -2.31. The van der Waals surface area contributed by atoms with E-state index in [9.17, 15) is 8.42 Å². The average molecular weight is 314 g/mol. The first-order valence-electron chi connectivity index (χ1n) is 7.24. The second-order valence-electron chi connectivity index (χ2n) is 5.37. The molecule has 0 fully saturated rings. The van der Waals surface area contributed by atoms with E-state index in [-0.39, 0.29) is 11.4 Å². The van der Waals surface area contributed by atoms with Crippen LogP contribution in [0.25, 0.3) is 0 Å². The van der Waals surface area contributed by atoms with E-state index >= 15 is 0 Å². The third-order valence-corrected chi connectivity index (χ3v) is 5.19. The summed E-state index contributed by atoms with van der Waals surface area (Å²) in [5, 5.41) is 0. The molecule has 22 heavy (non-hydrogen) atoms. The van der Waals surface area contributed by atoms with Gasteiger partial charge in [0.25, 0.3) is 0 Å². The highest BCUT2D eigenvalue weighted by molar-refractivity contribution is 7.89. The van der Waals surface area contributed by atoms with Crippen LogP contribution in [-0.2, 0) is 16.4 Å². The molecule has 114 valence electrons.